The average molecular weight is 549 g/mol. The lowest BCUT2D eigenvalue weighted by Gasteiger charge is -2.10. The number of rotatable bonds is 10. The van der Waals surface area contributed by atoms with Crippen molar-refractivity contribution in [1.82, 2.24) is 30.5 Å². The second-order valence-corrected chi connectivity index (χ2v) is 11.8. The van der Waals surface area contributed by atoms with Crippen LogP contribution in [0.3, 0.4) is 0 Å². The second kappa shape index (κ2) is 11.4. The van der Waals surface area contributed by atoms with Crippen molar-refractivity contribution in [2.45, 2.75) is 29.5 Å². The fourth-order valence-corrected chi connectivity index (χ4v) is 6.35. The van der Waals surface area contributed by atoms with Crippen LogP contribution in [0.2, 0.25) is 0 Å². The molecule has 3 heterocycles. The molecule has 0 unspecified atom stereocenters. The molecule has 39 heavy (non-hydrogen) atoms. The first-order valence-corrected chi connectivity index (χ1v) is 14.4. The number of hydrogen-bond acceptors (Lipinski definition) is 7. The number of hydrogen-bond donors (Lipinski definition) is 6. The molecular formula is C27H32N8O3S. The van der Waals surface area contributed by atoms with Crippen molar-refractivity contribution in [3.63, 3.8) is 0 Å². The minimum Gasteiger partial charge on any atom is -0.370 e. The summed E-state index contributed by atoms with van der Waals surface area (Å²) in [5.74, 6) is -0.0245. The van der Waals surface area contributed by atoms with Crippen molar-refractivity contribution in [3.05, 3.63) is 76.8 Å². The molecule has 204 valence electrons. The summed E-state index contributed by atoms with van der Waals surface area (Å²) < 4.78 is 27.2. The van der Waals surface area contributed by atoms with Gasteiger partial charge >= 0.3 is 5.69 Å². The Hall–Kier alpha value is -4.00. The number of nitrogens with zero attached hydrogens (tertiary/aromatic N) is 2. The van der Waals surface area contributed by atoms with Crippen molar-refractivity contribution in [2.75, 3.05) is 26.2 Å². The summed E-state index contributed by atoms with van der Waals surface area (Å²) >= 11 is 0. The minimum absolute atomic E-state index is 0.0245. The Morgan fingerprint density at radius 3 is 2.59 bits per heavy atom. The molecule has 1 aliphatic rings. The lowest BCUT2D eigenvalue weighted by Crippen LogP contribution is -2.32. The zero-order valence-electron chi connectivity index (χ0n) is 21.4. The third-order valence-electron chi connectivity index (χ3n) is 6.85. The molecule has 1 fully saturated rings. The summed E-state index contributed by atoms with van der Waals surface area (Å²) in [7, 11) is -3.37. The summed E-state index contributed by atoms with van der Waals surface area (Å²) in [4.78, 5) is 20.5. The molecule has 1 saturated heterocycles. The van der Waals surface area contributed by atoms with E-state index in [0.717, 1.165) is 41.7 Å². The monoisotopic (exact) mass is 548 g/mol. The molecule has 11 nitrogen and oxygen atoms in total. The van der Waals surface area contributed by atoms with Crippen LogP contribution in [0.25, 0.3) is 28.0 Å². The van der Waals surface area contributed by atoms with E-state index in [1.54, 1.807) is 30.5 Å². The van der Waals surface area contributed by atoms with Crippen LogP contribution >= 0.6 is 0 Å². The number of aromatic nitrogens is 3. The van der Waals surface area contributed by atoms with Crippen molar-refractivity contribution in [1.29, 1.82) is 5.41 Å². The Balaban J connectivity index is 1.28. The van der Waals surface area contributed by atoms with E-state index in [-0.39, 0.29) is 5.96 Å². The lowest BCUT2D eigenvalue weighted by atomic mass is 10.1. The van der Waals surface area contributed by atoms with E-state index in [1.165, 1.54) is 4.57 Å². The van der Waals surface area contributed by atoms with Gasteiger partial charge in [0.1, 0.15) is 5.65 Å². The number of guanidine groups is 1. The first-order chi connectivity index (χ1) is 18.8. The molecule has 7 N–H and O–H groups in total. The Morgan fingerprint density at radius 1 is 1.13 bits per heavy atom. The van der Waals surface area contributed by atoms with Gasteiger partial charge in [-0.05, 0) is 67.4 Å². The van der Waals surface area contributed by atoms with Crippen LogP contribution in [-0.4, -0.2) is 60.3 Å². The molecular weight excluding hydrogens is 516 g/mol. The van der Waals surface area contributed by atoms with Crippen LogP contribution in [0.15, 0.2) is 70.5 Å². The van der Waals surface area contributed by atoms with Gasteiger partial charge in [0.25, 0.3) is 0 Å². The van der Waals surface area contributed by atoms with Crippen LogP contribution in [-0.2, 0) is 16.4 Å². The van der Waals surface area contributed by atoms with E-state index in [2.05, 4.69) is 25.9 Å². The zero-order valence-corrected chi connectivity index (χ0v) is 22.2. The molecule has 2 aromatic heterocycles. The van der Waals surface area contributed by atoms with Gasteiger partial charge in [0, 0.05) is 36.9 Å². The van der Waals surface area contributed by atoms with E-state index < -0.39 is 20.8 Å². The maximum Gasteiger partial charge on any atom is 0.354 e. The fourth-order valence-electron chi connectivity index (χ4n) is 4.69. The van der Waals surface area contributed by atoms with Gasteiger partial charge < -0.3 is 26.7 Å². The molecule has 12 heteroatoms. The third kappa shape index (κ3) is 6.03. The van der Waals surface area contributed by atoms with Crippen LogP contribution in [0.5, 0.6) is 0 Å². The quantitative estimate of drug-likeness (QED) is 0.0983. The van der Waals surface area contributed by atoms with Gasteiger partial charge in [0.05, 0.1) is 15.8 Å². The third-order valence-corrected chi connectivity index (χ3v) is 9.05. The Bertz CT molecular complexity index is 1620. The van der Waals surface area contributed by atoms with Crippen molar-refractivity contribution >= 4 is 26.8 Å². The maximum atomic E-state index is 12.9. The Morgan fingerprint density at radius 2 is 1.90 bits per heavy atom. The Kier molecular flexibility index (Phi) is 7.77. The van der Waals surface area contributed by atoms with Gasteiger partial charge in [-0.15, -0.1) is 0 Å². The molecule has 0 radical (unpaired) electrons. The summed E-state index contributed by atoms with van der Waals surface area (Å²) in [5.41, 5.74) is 8.70. The van der Waals surface area contributed by atoms with Crippen LogP contribution in [0, 0.1) is 5.41 Å². The SMILES string of the molecule is N=C(N)NCCCNCc1ccc(-n2cc3cc(-c4ccc(S(=O)(=O)[C@H]5CCNC5)cc4)[nH]c3nc2=O)cc1. The number of nitrogens with one attached hydrogen (secondary N) is 5. The smallest absolute Gasteiger partial charge is 0.354 e. The molecule has 2 aromatic carbocycles. The number of fused-ring (bicyclic) bond motifs is 1. The van der Waals surface area contributed by atoms with Crippen molar-refractivity contribution in [2.24, 2.45) is 5.73 Å². The Labute approximate surface area is 226 Å². The highest BCUT2D eigenvalue weighted by molar-refractivity contribution is 7.92. The summed E-state index contributed by atoms with van der Waals surface area (Å²) in [5, 5.41) is 16.7. The maximum absolute atomic E-state index is 12.9. The molecule has 0 bridgehead atoms. The van der Waals surface area contributed by atoms with E-state index in [4.69, 9.17) is 11.1 Å². The normalized spacial score (nSPS) is 15.5. The van der Waals surface area contributed by atoms with Gasteiger partial charge in [-0.3, -0.25) is 9.98 Å². The van der Waals surface area contributed by atoms with Crippen molar-refractivity contribution < 1.29 is 8.42 Å². The average Bonchev–Trinajstić information content (AvgIpc) is 3.61. The van der Waals surface area contributed by atoms with Gasteiger partial charge in [0.15, 0.2) is 15.8 Å². The summed E-state index contributed by atoms with van der Waals surface area (Å²) in [6.07, 6.45) is 3.22. The van der Waals surface area contributed by atoms with Gasteiger partial charge in [-0.25, -0.2) is 13.2 Å². The number of aromatic amines is 1. The molecule has 5 rings (SSSR count). The molecule has 0 aliphatic carbocycles. The van der Waals surface area contributed by atoms with Gasteiger partial charge in [-0.1, -0.05) is 24.3 Å². The topological polar surface area (TPSA) is 171 Å². The summed E-state index contributed by atoms with van der Waals surface area (Å²) in [6.45, 7) is 3.32. The van der Waals surface area contributed by atoms with E-state index in [1.807, 2.05) is 30.3 Å². The highest BCUT2D eigenvalue weighted by Gasteiger charge is 2.30. The van der Waals surface area contributed by atoms with Crippen LogP contribution < -0.4 is 27.4 Å². The molecule has 0 spiro atoms. The molecule has 1 atom stereocenters. The standard InChI is InChI=1S/C27H32N8O3S/c28-26(29)32-12-1-11-30-15-18-2-6-21(7-3-18)35-17-20-14-24(33-25(20)34-27(35)36)19-4-8-22(9-5-19)39(37,38)23-10-13-31-16-23/h2-9,14,17,23,30-31H,1,10-13,15-16H2,(H4,28,29,32)(H,33,34,36)/t23-/m0/s1. The predicted molar refractivity (Wildman–Crippen MR) is 152 cm³/mol. The number of sulfone groups is 1. The van der Waals surface area contributed by atoms with Crippen molar-refractivity contribution in [3.8, 4) is 16.9 Å². The minimum atomic E-state index is -3.37. The number of benzene rings is 2. The fraction of sp³-hybridized carbons (Fsp3) is 0.296. The zero-order chi connectivity index (χ0) is 27.4. The number of H-pyrrole nitrogens is 1. The largest absolute Gasteiger partial charge is 0.370 e. The van der Waals surface area contributed by atoms with Crippen LogP contribution in [0.4, 0.5) is 0 Å². The van der Waals surface area contributed by atoms with Gasteiger partial charge in [-0.2, -0.15) is 4.98 Å². The number of nitrogens with two attached hydrogens (primary N) is 1. The van der Waals surface area contributed by atoms with E-state index in [0.29, 0.717) is 42.3 Å². The van der Waals surface area contributed by atoms with E-state index >= 15 is 0 Å². The molecule has 0 amide bonds. The molecule has 0 saturated carbocycles. The van der Waals surface area contributed by atoms with Crippen LogP contribution in [0.1, 0.15) is 18.4 Å². The first kappa shape index (κ1) is 26.6. The molecule has 4 aromatic rings. The first-order valence-electron chi connectivity index (χ1n) is 12.9. The van der Waals surface area contributed by atoms with E-state index in [9.17, 15) is 13.2 Å². The van der Waals surface area contributed by atoms with Gasteiger partial charge in [0.2, 0.25) is 0 Å². The highest BCUT2D eigenvalue weighted by Crippen LogP contribution is 2.26. The lowest BCUT2D eigenvalue weighted by molar-refractivity contribution is 0.583. The molecule has 1 aliphatic heterocycles. The highest BCUT2D eigenvalue weighted by atomic mass is 32.2. The predicted octanol–water partition coefficient (Wildman–Crippen LogP) is 1.48. The second-order valence-electron chi connectivity index (χ2n) is 9.60. The summed E-state index contributed by atoms with van der Waals surface area (Å²) in [6, 6.07) is 16.4.